The summed E-state index contributed by atoms with van der Waals surface area (Å²) >= 11 is 0. The molecular formula is C18H22F4N3O5S+. The molecule has 1 atom stereocenters. The van der Waals surface area contributed by atoms with Crippen LogP contribution in [0.15, 0.2) is 23.1 Å². The van der Waals surface area contributed by atoms with E-state index in [0.29, 0.717) is 25.9 Å². The molecular weight excluding hydrogens is 446 g/mol. The van der Waals surface area contributed by atoms with E-state index in [4.69, 9.17) is 0 Å². The maximum Gasteiger partial charge on any atom is 0.497 e. The molecule has 0 aromatic heterocycles. The van der Waals surface area contributed by atoms with Crippen LogP contribution in [-0.2, 0) is 26.0 Å². The number of carbonyl (C=O) groups excluding carboxylic acids is 2. The number of nitrogens with zero attached hydrogens (tertiary/aromatic N) is 2. The highest BCUT2D eigenvalue weighted by Crippen LogP contribution is 2.32. The van der Waals surface area contributed by atoms with Crippen molar-refractivity contribution in [3.63, 3.8) is 0 Å². The molecule has 2 fully saturated rings. The Balaban J connectivity index is 1.94. The number of sulfone groups is 1. The molecule has 0 saturated carbocycles. The number of hydrogen-bond donors (Lipinski definition) is 1. The quantitative estimate of drug-likeness (QED) is 0.523. The van der Waals surface area contributed by atoms with Crippen LogP contribution in [0.2, 0.25) is 0 Å². The van der Waals surface area contributed by atoms with Crippen molar-refractivity contribution in [1.82, 2.24) is 10.2 Å². The molecule has 0 aliphatic carbocycles. The summed E-state index contributed by atoms with van der Waals surface area (Å²) in [5.41, 5.74) is -0.247. The zero-order valence-electron chi connectivity index (χ0n) is 16.6. The number of nitrogens with one attached hydrogen (secondary N) is 1. The molecule has 2 aliphatic heterocycles. The molecule has 0 spiro atoms. The molecule has 2 saturated heterocycles. The van der Waals surface area contributed by atoms with Gasteiger partial charge in [-0.15, -0.1) is 0 Å². The number of hydroxylamine groups is 3. The number of amides is 2. The van der Waals surface area contributed by atoms with Crippen LogP contribution >= 0.6 is 0 Å². The van der Waals surface area contributed by atoms with Crippen LogP contribution in [-0.4, -0.2) is 74.6 Å². The standard InChI is InChI=1S/C18H22F4N3O5S/c1-31(28,29)14-3-2-12(15(19)10-14)11-25(30-16(26)18(20,21)22)9-8-24(17(25)27)13-4-6-23-7-5-13/h2-3,10,13,23H,4-9,11H2,1H3/q+1. The first-order chi connectivity index (χ1) is 14.3. The Kier molecular flexibility index (Phi) is 6.31. The average Bonchev–Trinajstić information content (AvgIpc) is 2.99. The van der Waals surface area contributed by atoms with Crippen LogP contribution in [0.3, 0.4) is 0 Å². The van der Waals surface area contributed by atoms with Crippen LogP contribution in [0.1, 0.15) is 18.4 Å². The van der Waals surface area contributed by atoms with E-state index in [2.05, 4.69) is 10.2 Å². The Bertz CT molecular complexity index is 979. The SMILES string of the molecule is CS(=O)(=O)c1ccc(C[N+]2(OC(=O)C(F)(F)F)CCN(C3CCNCC3)C2=O)c(F)c1. The van der Waals surface area contributed by atoms with Crippen molar-refractivity contribution >= 4 is 21.8 Å². The van der Waals surface area contributed by atoms with Crippen LogP contribution in [0.5, 0.6) is 0 Å². The molecule has 1 unspecified atom stereocenters. The van der Waals surface area contributed by atoms with Gasteiger partial charge in [0.25, 0.3) is 0 Å². The number of alkyl halides is 3. The molecule has 13 heteroatoms. The van der Waals surface area contributed by atoms with Crippen LogP contribution < -0.4 is 5.32 Å². The minimum Gasteiger partial charge on any atom is -0.317 e. The van der Waals surface area contributed by atoms with Crippen molar-refractivity contribution in [3.05, 3.63) is 29.6 Å². The number of halogens is 4. The Morgan fingerprint density at radius 2 is 1.94 bits per heavy atom. The van der Waals surface area contributed by atoms with E-state index in [-0.39, 0.29) is 29.6 Å². The number of hydrogen-bond acceptors (Lipinski definition) is 6. The molecule has 1 aromatic carbocycles. The minimum atomic E-state index is -5.34. The summed E-state index contributed by atoms with van der Waals surface area (Å²) in [7, 11) is -3.72. The van der Waals surface area contributed by atoms with Gasteiger partial charge < -0.3 is 5.32 Å². The Morgan fingerprint density at radius 1 is 1.29 bits per heavy atom. The first-order valence-electron chi connectivity index (χ1n) is 9.52. The molecule has 172 valence electrons. The molecule has 31 heavy (non-hydrogen) atoms. The molecule has 2 amide bonds. The average molecular weight is 468 g/mol. The molecule has 0 bridgehead atoms. The second-order valence-corrected chi connectivity index (χ2v) is 9.65. The van der Waals surface area contributed by atoms with Crippen molar-refractivity contribution in [2.24, 2.45) is 0 Å². The molecule has 1 N–H and O–H groups in total. The third-order valence-electron chi connectivity index (χ3n) is 5.41. The molecule has 0 radical (unpaired) electrons. The monoisotopic (exact) mass is 468 g/mol. The van der Waals surface area contributed by atoms with Crippen LogP contribution in [0.25, 0.3) is 0 Å². The summed E-state index contributed by atoms with van der Waals surface area (Å²) in [6.07, 6.45) is -3.30. The van der Waals surface area contributed by atoms with Gasteiger partial charge in [0.05, 0.1) is 11.4 Å². The number of rotatable bonds is 5. The maximum atomic E-state index is 14.6. The summed E-state index contributed by atoms with van der Waals surface area (Å²) in [6.45, 7) is 0.296. The van der Waals surface area contributed by atoms with E-state index >= 15 is 0 Å². The van der Waals surface area contributed by atoms with E-state index in [1.807, 2.05) is 0 Å². The van der Waals surface area contributed by atoms with Crippen molar-refractivity contribution in [1.29, 1.82) is 0 Å². The molecule has 2 heterocycles. The Morgan fingerprint density at radius 3 is 2.48 bits per heavy atom. The van der Waals surface area contributed by atoms with E-state index in [1.54, 1.807) is 0 Å². The van der Waals surface area contributed by atoms with Crippen molar-refractivity contribution < 1.29 is 45.1 Å². The highest BCUT2D eigenvalue weighted by Gasteiger charge is 2.57. The minimum absolute atomic E-state index is 0.0394. The van der Waals surface area contributed by atoms with Gasteiger partial charge in [0.15, 0.2) is 16.4 Å². The molecule has 1 aromatic rings. The lowest BCUT2D eigenvalue weighted by Gasteiger charge is -2.32. The molecule has 8 nitrogen and oxygen atoms in total. The van der Waals surface area contributed by atoms with E-state index in [0.717, 1.165) is 24.5 Å². The van der Waals surface area contributed by atoms with Crippen molar-refractivity contribution in [3.8, 4) is 0 Å². The highest BCUT2D eigenvalue weighted by molar-refractivity contribution is 7.90. The van der Waals surface area contributed by atoms with Gasteiger partial charge in [-0.05, 0) is 48.8 Å². The predicted molar refractivity (Wildman–Crippen MR) is 98.5 cm³/mol. The Labute approximate surface area is 176 Å². The largest absolute Gasteiger partial charge is 0.497 e. The number of benzene rings is 1. The van der Waals surface area contributed by atoms with E-state index < -0.39 is 45.0 Å². The second-order valence-electron chi connectivity index (χ2n) is 7.63. The number of carbonyl (C=O) groups is 2. The van der Waals surface area contributed by atoms with Gasteiger partial charge in [-0.3, -0.25) is 9.74 Å². The highest BCUT2D eigenvalue weighted by atomic mass is 32.2. The summed E-state index contributed by atoms with van der Waals surface area (Å²) in [5, 5.41) is 3.11. The van der Waals surface area contributed by atoms with Gasteiger partial charge in [0.1, 0.15) is 12.4 Å². The fourth-order valence-corrected chi connectivity index (χ4v) is 4.42. The van der Waals surface area contributed by atoms with Gasteiger partial charge in [0, 0.05) is 17.9 Å². The number of quaternary nitrogens is 1. The molecule has 2 aliphatic rings. The third kappa shape index (κ3) is 4.99. The van der Waals surface area contributed by atoms with Gasteiger partial charge in [-0.25, -0.2) is 22.4 Å². The summed E-state index contributed by atoms with van der Waals surface area (Å²) in [6, 6.07) is 1.76. The lowest BCUT2D eigenvalue weighted by Crippen LogP contribution is -2.55. The first-order valence-corrected chi connectivity index (χ1v) is 11.4. The lowest BCUT2D eigenvalue weighted by atomic mass is 10.1. The summed E-state index contributed by atoms with van der Waals surface area (Å²) in [4.78, 5) is 30.4. The second kappa shape index (κ2) is 8.36. The van der Waals surface area contributed by atoms with Gasteiger partial charge in [-0.1, -0.05) is 0 Å². The van der Waals surface area contributed by atoms with Crippen LogP contribution in [0, 0.1) is 5.82 Å². The maximum absolute atomic E-state index is 14.6. The predicted octanol–water partition coefficient (Wildman–Crippen LogP) is 1.75. The van der Waals surface area contributed by atoms with Gasteiger partial charge in [-0.2, -0.15) is 13.2 Å². The normalized spacial score (nSPS) is 23.3. The molecule has 3 rings (SSSR count). The fraction of sp³-hybridized carbons (Fsp3) is 0.556. The van der Waals surface area contributed by atoms with Crippen molar-refractivity contribution in [2.45, 2.75) is 36.5 Å². The summed E-state index contributed by atoms with van der Waals surface area (Å²) < 4.78 is 75.1. The third-order valence-corrected chi connectivity index (χ3v) is 6.52. The van der Waals surface area contributed by atoms with E-state index in [9.17, 15) is 35.6 Å². The summed E-state index contributed by atoms with van der Waals surface area (Å²) in [5.74, 6) is -3.59. The first kappa shape index (κ1) is 23.4. The Hall–Kier alpha value is -2.25. The van der Waals surface area contributed by atoms with Crippen molar-refractivity contribution in [2.75, 3.05) is 32.4 Å². The zero-order chi connectivity index (χ0) is 23.0. The zero-order valence-corrected chi connectivity index (χ0v) is 17.4. The van der Waals surface area contributed by atoms with Gasteiger partial charge >= 0.3 is 18.2 Å². The smallest absolute Gasteiger partial charge is 0.317 e. The number of piperidine rings is 1. The topological polar surface area (TPSA) is 92.8 Å². The van der Waals surface area contributed by atoms with Gasteiger partial charge in [0.2, 0.25) is 0 Å². The lowest BCUT2D eigenvalue weighted by molar-refractivity contribution is -1.03. The number of urea groups is 1. The van der Waals surface area contributed by atoms with Crippen LogP contribution in [0.4, 0.5) is 22.4 Å². The van der Waals surface area contributed by atoms with E-state index in [1.165, 1.54) is 4.90 Å². The fourth-order valence-electron chi connectivity index (χ4n) is 3.79.